The van der Waals surface area contributed by atoms with Crippen LogP contribution in [-0.2, 0) is 6.42 Å². The van der Waals surface area contributed by atoms with Gasteiger partial charge in [-0.25, -0.2) is 4.39 Å². The fraction of sp³-hybridized carbons (Fsp3) is 0.154. The molecule has 0 amide bonds. The number of hydrogen-bond donors (Lipinski definition) is 0. The molecule has 18 heavy (non-hydrogen) atoms. The minimum Gasteiger partial charge on any atom is -0.263 e. The minimum atomic E-state index is -0.453. The Hall–Kier alpha value is -0.830. The van der Waals surface area contributed by atoms with Crippen molar-refractivity contribution in [2.45, 2.75) is 11.8 Å². The predicted octanol–water partition coefficient (Wildman–Crippen LogP) is 5.05. The van der Waals surface area contributed by atoms with E-state index in [0.29, 0.717) is 11.4 Å². The molecule has 0 bridgehead atoms. The molecule has 0 spiro atoms. The summed E-state index contributed by atoms with van der Waals surface area (Å²) in [6.07, 6.45) is 3.76. The average molecular weight is 305 g/mol. The van der Waals surface area contributed by atoms with Crippen LogP contribution in [0.2, 0.25) is 10.0 Å². The lowest BCUT2D eigenvalue weighted by molar-refractivity contribution is 0.627. The molecule has 94 valence electrons. The Morgan fingerprint density at radius 1 is 1.17 bits per heavy atom. The zero-order valence-corrected chi connectivity index (χ0v) is 11.5. The maximum Gasteiger partial charge on any atom is 0.141 e. The molecule has 0 aliphatic heterocycles. The first kappa shape index (κ1) is 13.6. The van der Waals surface area contributed by atoms with Gasteiger partial charge in [0, 0.05) is 12.4 Å². The Bertz CT molecular complexity index is 560. The molecule has 2 aromatic rings. The maximum absolute atomic E-state index is 13.0. The van der Waals surface area contributed by atoms with Gasteiger partial charge in [0.15, 0.2) is 0 Å². The summed E-state index contributed by atoms with van der Waals surface area (Å²) in [4.78, 5) is 3.90. The molecule has 0 saturated heterocycles. The molecule has 2 rings (SSSR count). The van der Waals surface area contributed by atoms with Gasteiger partial charge in [0.25, 0.3) is 0 Å². The molecule has 1 nitrogen and oxygen atoms in total. The van der Waals surface area contributed by atoms with Crippen molar-refractivity contribution in [2.24, 2.45) is 0 Å². The lowest BCUT2D eigenvalue weighted by atomic mass is 10.0. The van der Waals surface area contributed by atoms with E-state index in [2.05, 4.69) is 4.98 Å². The van der Waals surface area contributed by atoms with Gasteiger partial charge in [0.2, 0.25) is 0 Å². The van der Waals surface area contributed by atoms with E-state index in [1.165, 1.54) is 12.1 Å². The largest absolute Gasteiger partial charge is 0.263 e. The van der Waals surface area contributed by atoms with Crippen molar-refractivity contribution in [1.29, 1.82) is 0 Å². The molecule has 1 aromatic heterocycles. The maximum atomic E-state index is 13.0. The molecule has 0 N–H and O–H groups in total. The molecule has 0 aliphatic carbocycles. The van der Waals surface area contributed by atoms with Crippen molar-refractivity contribution < 1.29 is 4.39 Å². The van der Waals surface area contributed by atoms with Gasteiger partial charge < -0.3 is 0 Å². The summed E-state index contributed by atoms with van der Waals surface area (Å²) in [7, 11) is 0. The first-order valence-corrected chi connectivity index (χ1v) is 6.44. The number of benzene rings is 1. The Balaban J connectivity index is 2.19. The molecule has 5 heteroatoms. The Morgan fingerprint density at radius 3 is 2.61 bits per heavy atom. The highest BCUT2D eigenvalue weighted by Crippen LogP contribution is 2.30. The van der Waals surface area contributed by atoms with E-state index in [9.17, 15) is 4.39 Å². The summed E-state index contributed by atoms with van der Waals surface area (Å²) < 4.78 is 13.0. The van der Waals surface area contributed by atoms with E-state index in [1.54, 1.807) is 18.5 Å². The van der Waals surface area contributed by atoms with Gasteiger partial charge in [-0.2, -0.15) is 0 Å². The van der Waals surface area contributed by atoms with E-state index < -0.39 is 5.82 Å². The van der Waals surface area contributed by atoms with Crippen LogP contribution in [0.5, 0.6) is 0 Å². The third-order valence-corrected chi connectivity index (χ3v) is 3.60. The van der Waals surface area contributed by atoms with E-state index in [4.69, 9.17) is 34.8 Å². The second-order valence-electron chi connectivity index (χ2n) is 3.81. The van der Waals surface area contributed by atoms with Crippen LogP contribution in [0.15, 0.2) is 36.7 Å². The quantitative estimate of drug-likeness (QED) is 0.723. The molecule has 0 saturated carbocycles. The fourth-order valence-electron chi connectivity index (χ4n) is 1.59. The lowest BCUT2D eigenvalue weighted by Gasteiger charge is -2.11. The summed E-state index contributed by atoms with van der Waals surface area (Å²) >= 11 is 18.0. The fourth-order valence-corrected chi connectivity index (χ4v) is 2.28. The van der Waals surface area contributed by atoms with Gasteiger partial charge in [-0.1, -0.05) is 29.3 Å². The van der Waals surface area contributed by atoms with Gasteiger partial charge in [0.1, 0.15) is 5.82 Å². The molecule has 1 atom stereocenters. The van der Waals surface area contributed by atoms with Crippen molar-refractivity contribution in [3.63, 3.8) is 0 Å². The van der Waals surface area contributed by atoms with E-state index in [-0.39, 0.29) is 10.4 Å². The summed E-state index contributed by atoms with van der Waals surface area (Å²) in [5, 5.41) is 0.318. The summed E-state index contributed by atoms with van der Waals surface area (Å²) in [5.41, 5.74) is 1.66. The van der Waals surface area contributed by atoms with Gasteiger partial charge in [-0.05, 0) is 35.7 Å². The number of aromatic nitrogens is 1. The number of nitrogens with zero attached hydrogens (tertiary/aromatic N) is 1. The first-order valence-electron chi connectivity index (χ1n) is 5.25. The van der Waals surface area contributed by atoms with Crippen LogP contribution in [0.25, 0.3) is 0 Å². The van der Waals surface area contributed by atoms with Crippen LogP contribution in [0.1, 0.15) is 16.5 Å². The summed E-state index contributed by atoms with van der Waals surface area (Å²) in [6, 6.07) is 6.27. The number of rotatable bonds is 3. The second kappa shape index (κ2) is 5.87. The molecular weight excluding hydrogens is 296 g/mol. The SMILES string of the molecule is Fc1ccc(C(Cl)Cc2ccncc2Cl)cc1Cl. The monoisotopic (exact) mass is 303 g/mol. The van der Waals surface area contributed by atoms with Crippen molar-refractivity contribution in [1.82, 2.24) is 4.98 Å². The Kier molecular flexibility index (Phi) is 4.44. The molecule has 0 radical (unpaired) electrons. The molecule has 1 unspecified atom stereocenters. The van der Waals surface area contributed by atoms with Crippen LogP contribution in [0.3, 0.4) is 0 Å². The predicted molar refractivity (Wildman–Crippen MR) is 73.0 cm³/mol. The lowest BCUT2D eigenvalue weighted by Crippen LogP contribution is -1.97. The van der Waals surface area contributed by atoms with Crippen molar-refractivity contribution in [3.05, 3.63) is 63.6 Å². The normalized spacial score (nSPS) is 12.4. The first-order chi connectivity index (χ1) is 8.58. The molecule has 1 aromatic carbocycles. The number of hydrogen-bond acceptors (Lipinski definition) is 1. The number of alkyl halides is 1. The average Bonchev–Trinajstić information content (AvgIpc) is 2.35. The summed E-state index contributed by atoms with van der Waals surface area (Å²) in [5.74, 6) is -0.453. The van der Waals surface area contributed by atoms with Crippen LogP contribution in [-0.4, -0.2) is 4.98 Å². The highest BCUT2D eigenvalue weighted by atomic mass is 35.5. The highest BCUT2D eigenvalue weighted by molar-refractivity contribution is 6.31. The Labute approximate surface area is 120 Å². The zero-order valence-electron chi connectivity index (χ0n) is 9.21. The van der Waals surface area contributed by atoms with E-state index in [1.807, 2.05) is 6.07 Å². The summed E-state index contributed by atoms with van der Waals surface area (Å²) in [6.45, 7) is 0. The van der Waals surface area contributed by atoms with Crippen LogP contribution in [0, 0.1) is 5.82 Å². The van der Waals surface area contributed by atoms with Gasteiger partial charge in [-0.3, -0.25) is 4.98 Å². The van der Waals surface area contributed by atoms with E-state index in [0.717, 1.165) is 11.1 Å². The van der Waals surface area contributed by atoms with Crippen LogP contribution < -0.4 is 0 Å². The molecule has 0 fully saturated rings. The molecular formula is C13H9Cl3FN. The smallest absolute Gasteiger partial charge is 0.141 e. The van der Waals surface area contributed by atoms with Crippen molar-refractivity contribution in [2.75, 3.05) is 0 Å². The molecule has 1 heterocycles. The van der Waals surface area contributed by atoms with Gasteiger partial charge >= 0.3 is 0 Å². The van der Waals surface area contributed by atoms with Crippen LogP contribution >= 0.6 is 34.8 Å². The minimum absolute atomic E-state index is 0.0685. The molecule has 0 aliphatic rings. The van der Waals surface area contributed by atoms with Crippen molar-refractivity contribution in [3.8, 4) is 0 Å². The van der Waals surface area contributed by atoms with E-state index >= 15 is 0 Å². The topological polar surface area (TPSA) is 12.9 Å². The van der Waals surface area contributed by atoms with Gasteiger partial charge in [0.05, 0.1) is 15.4 Å². The highest BCUT2D eigenvalue weighted by Gasteiger charge is 2.12. The third kappa shape index (κ3) is 3.14. The second-order valence-corrected chi connectivity index (χ2v) is 5.15. The number of halogens is 4. The standard InChI is InChI=1S/C13H9Cl3FN/c14-10(5-9-3-4-18-7-12(9)16)8-1-2-13(17)11(15)6-8/h1-4,6-7,10H,5H2. The van der Waals surface area contributed by atoms with Gasteiger partial charge in [-0.15, -0.1) is 11.6 Å². The number of pyridine rings is 1. The van der Waals surface area contributed by atoms with Crippen LogP contribution in [0.4, 0.5) is 4.39 Å². The zero-order chi connectivity index (χ0) is 13.1. The third-order valence-electron chi connectivity index (χ3n) is 2.56. The Morgan fingerprint density at radius 2 is 1.94 bits per heavy atom. The van der Waals surface area contributed by atoms with Crippen molar-refractivity contribution >= 4 is 34.8 Å².